The molecule has 2 saturated heterocycles. The monoisotopic (exact) mass is 294 g/mol. The van der Waals surface area contributed by atoms with Gasteiger partial charge in [0.1, 0.15) is 0 Å². The van der Waals surface area contributed by atoms with Crippen molar-refractivity contribution in [3.63, 3.8) is 0 Å². The summed E-state index contributed by atoms with van der Waals surface area (Å²) in [4.78, 5) is 0. The van der Waals surface area contributed by atoms with Gasteiger partial charge in [-0.15, -0.1) is 0 Å². The first-order chi connectivity index (χ1) is 7.67. The fourth-order valence-corrected chi connectivity index (χ4v) is 18.2. The van der Waals surface area contributed by atoms with Crippen LogP contribution in [0.3, 0.4) is 0 Å². The number of quaternary nitrogens is 1. The molecule has 2 unspecified atom stereocenters. The summed E-state index contributed by atoms with van der Waals surface area (Å²) < 4.78 is 18.6. The van der Waals surface area contributed by atoms with Crippen molar-refractivity contribution in [3.05, 3.63) is 0 Å². The van der Waals surface area contributed by atoms with Gasteiger partial charge in [0.15, 0.2) is 29.3 Å². The minimum atomic E-state index is -2.15. The molecule has 2 bridgehead atoms. The Hall–Kier alpha value is 0.708. The van der Waals surface area contributed by atoms with Gasteiger partial charge in [-0.25, -0.2) is 0 Å². The van der Waals surface area contributed by atoms with Gasteiger partial charge in [0.05, 0.1) is 6.54 Å². The van der Waals surface area contributed by atoms with Crippen LogP contribution in [-0.2, 0) is 12.3 Å². The second-order valence-corrected chi connectivity index (χ2v) is 15.0. The van der Waals surface area contributed by atoms with Crippen LogP contribution in [0.5, 0.6) is 0 Å². The third-order valence-corrected chi connectivity index (χ3v) is 17.7. The summed E-state index contributed by atoms with van der Waals surface area (Å²) in [6.07, 6.45) is 1.11. The minimum absolute atomic E-state index is 0.416. The molecular formula is C8H24NO3Si4+. The topological polar surface area (TPSA) is 55.3 Å². The van der Waals surface area contributed by atoms with E-state index in [4.69, 9.17) is 12.3 Å². The van der Waals surface area contributed by atoms with E-state index in [0.29, 0.717) is 0 Å². The Balaban J connectivity index is 2.09. The molecule has 2 aliphatic heterocycles. The highest BCUT2D eigenvalue weighted by Gasteiger charge is 2.47. The van der Waals surface area contributed by atoms with Gasteiger partial charge in [0.25, 0.3) is 0 Å². The fourth-order valence-electron chi connectivity index (χ4n) is 2.56. The van der Waals surface area contributed by atoms with E-state index in [2.05, 4.69) is 19.6 Å². The van der Waals surface area contributed by atoms with Crippen molar-refractivity contribution in [1.29, 1.82) is 0 Å². The average molecular weight is 295 g/mol. The lowest BCUT2D eigenvalue weighted by atomic mass is 10.2. The Bertz CT molecular complexity index is 231. The maximum absolute atomic E-state index is 6.23. The lowest BCUT2D eigenvalue weighted by Crippen LogP contribution is -2.53. The molecule has 16 heavy (non-hydrogen) atoms. The first kappa shape index (κ1) is 13.1. The smallest absolute Gasteiger partial charge is 0.422 e. The predicted molar refractivity (Wildman–Crippen MR) is 74.4 cm³/mol. The molecule has 0 aromatic rings. The second-order valence-electron chi connectivity index (χ2n) is 5.19. The van der Waals surface area contributed by atoms with Crippen molar-refractivity contribution in [2.24, 2.45) is 0 Å². The molecular weight excluding hydrogens is 270 g/mol. The van der Waals surface area contributed by atoms with Crippen LogP contribution in [0.4, 0.5) is 0 Å². The summed E-state index contributed by atoms with van der Waals surface area (Å²) in [5.41, 5.74) is 6.42. The third kappa shape index (κ3) is 2.75. The first-order valence-electron chi connectivity index (χ1n) is 6.38. The Kier molecular flexibility index (Phi) is 4.57. The summed E-state index contributed by atoms with van der Waals surface area (Å²) in [5, 5.41) is 0. The Morgan fingerprint density at radius 1 is 1.06 bits per heavy atom. The molecule has 0 spiro atoms. The van der Waals surface area contributed by atoms with E-state index in [1.807, 2.05) is 0 Å². The quantitative estimate of drug-likeness (QED) is 0.631. The minimum Gasteiger partial charge on any atom is -0.422 e. The molecule has 4 nitrogen and oxygen atoms in total. The molecule has 94 valence electrons. The van der Waals surface area contributed by atoms with Gasteiger partial charge in [-0.1, -0.05) is 13.8 Å². The molecule has 2 fully saturated rings. The van der Waals surface area contributed by atoms with Crippen molar-refractivity contribution < 1.29 is 18.1 Å². The van der Waals surface area contributed by atoms with Crippen LogP contribution in [0.15, 0.2) is 0 Å². The summed E-state index contributed by atoms with van der Waals surface area (Å²) >= 11 is 0. The van der Waals surface area contributed by atoms with Gasteiger partial charge in [-0.05, 0) is 16.6 Å². The van der Waals surface area contributed by atoms with Gasteiger partial charge in [0, 0.05) is 12.5 Å². The van der Waals surface area contributed by atoms with Crippen LogP contribution >= 0.6 is 0 Å². The highest BCUT2D eigenvalue weighted by Crippen LogP contribution is 2.41. The van der Waals surface area contributed by atoms with Crippen LogP contribution in [0.1, 0.15) is 20.3 Å². The average Bonchev–Trinajstić information content (AvgIpc) is 2.54. The summed E-state index contributed by atoms with van der Waals surface area (Å²) in [6.45, 7) is 5.74. The molecule has 0 amide bonds. The van der Waals surface area contributed by atoms with Gasteiger partial charge in [0.2, 0.25) is 0 Å². The van der Waals surface area contributed by atoms with Crippen LogP contribution in [-0.4, -0.2) is 44.6 Å². The van der Waals surface area contributed by atoms with E-state index < -0.39 is 38.1 Å². The number of hydrogen-bond acceptors (Lipinski definition) is 3. The normalized spacial score (nSPS) is 48.6. The van der Waals surface area contributed by atoms with Gasteiger partial charge >= 0.3 is 8.80 Å². The highest BCUT2D eigenvalue weighted by molar-refractivity contribution is 6.76. The van der Waals surface area contributed by atoms with E-state index in [0.717, 1.165) is 35.6 Å². The standard InChI is InChI=1S/C8H23NO3Si4/c1-6-8-7(2)14-11-16(10-13-6,12-15-8)5-3-4-9/h6-8H,3-5,9,13-15H2,1-2H3/p+1. The fraction of sp³-hybridized carbons (Fsp3) is 1.00. The van der Waals surface area contributed by atoms with Crippen LogP contribution in [0, 0.1) is 0 Å². The molecule has 2 rings (SSSR count). The molecule has 8 heteroatoms. The zero-order valence-corrected chi connectivity index (χ0v) is 15.6. The maximum Gasteiger partial charge on any atom is 0.468 e. The molecule has 0 aliphatic carbocycles. The highest BCUT2D eigenvalue weighted by atomic mass is 28.5. The van der Waals surface area contributed by atoms with Crippen molar-refractivity contribution in [2.75, 3.05) is 6.54 Å². The molecule has 0 saturated carbocycles. The summed E-state index contributed by atoms with van der Waals surface area (Å²) in [6, 6.07) is 1.04. The van der Waals surface area contributed by atoms with E-state index in [9.17, 15) is 0 Å². The Labute approximate surface area is 106 Å². The maximum atomic E-state index is 6.23. The SMILES string of the molecule is CC1[SiH2]O[Si]2(CCC[NH3+])O[SiH2]C(C)C1[SiH2]O2. The van der Waals surface area contributed by atoms with Gasteiger partial charge in [-0.2, -0.15) is 0 Å². The van der Waals surface area contributed by atoms with Crippen molar-refractivity contribution in [3.8, 4) is 0 Å². The summed E-state index contributed by atoms with van der Waals surface area (Å²) in [5.74, 6) is 0. The van der Waals surface area contributed by atoms with Crippen LogP contribution in [0.25, 0.3) is 0 Å². The van der Waals surface area contributed by atoms with Gasteiger partial charge < -0.3 is 18.1 Å². The zero-order chi connectivity index (χ0) is 11.6. The summed E-state index contributed by atoms with van der Waals surface area (Å²) in [7, 11) is -3.42. The molecule has 2 aliphatic rings. The van der Waals surface area contributed by atoms with Crippen molar-refractivity contribution >= 4 is 38.1 Å². The third-order valence-electron chi connectivity index (χ3n) is 3.82. The lowest BCUT2D eigenvalue weighted by Gasteiger charge is -2.31. The van der Waals surface area contributed by atoms with E-state index in [1.165, 1.54) is 0 Å². The molecule has 0 radical (unpaired) electrons. The van der Waals surface area contributed by atoms with E-state index >= 15 is 0 Å². The van der Waals surface area contributed by atoms with Gasteiger partial charge in [-0.3, -0.25) is 0 Å². The molecule has 0 aromatic heterocycles. The second kappa shape index (κ2) is 5.57. The Morgan fingerprint density at radius 3 is 2.19 bits per heavy atom. The number of hydrogen-bond donors (Lipinski definition) is 1. The molecule has 0 aromatic carbocycles. The zero-order valence-electron chi connectivity index (χ0n) is 10.4. The lowest BCUT2D eigenvalue weighted by molar-refractivity contribution is -0.367. The van der Waals surface area contributed by atoms with Crippen LogP contribution < -0.4 is 5.73 Å². The van der Waals surface area contributed by atoms with Crippen molar-refractivity contribution in [2.45, 2.75) is 42.9 Å². The Morgan fingerprint density at radius 2 is 1.62 bits per heavy atom. The predicted octanol–water partition coefficient (Wildman–Crippen LogP) is -1.71. The molecule has 2 heterocycles. The number of fused-ring (bicyclic) bond motifs is 3. The van der Waals surface area contributed by atoms with E-state index in [1.54, 1.807) is 0 Å². The largest absolute Gasteiger partial charge is 0.468 e. The van der Waals surface area contributed by atoms with E-state index in [-0.39, 0.29) is 0 Å². The first-order valence-corrected chi connectivity index (χ1v) is 12.5. The number of rotatable bonds is 3. The molecule has 2 atom stereocenters. The molecule has 3 N–H and O–H groups in total. The van der Waals surface area contributed by atoms with Crippen molar-refractivity contribution in [1.82, 2.24) is 0 Å². The van der Waals surface area contributed by atoms with Crippen LogP contribution in [0.2, 0.25) is 22.7 Å².